The van der Waals surface area contributed by atoms with E-state index in [1.165, 1.54) is 0 Å². The van der Waals surface area contributed by atoms with Crippen molar-refractivity contribution in [3.63, 3.8) is 0 Å². The zero-order valence-corrected chi connectivity index (χ0v) is 8.60. The van der Waals surface area contributed by atoms with E-state index in [4.69, 9.17) is 5.73 Å². The topological polar surface area (TPSA) is 59.2 Å². The summed E-state index contributed by atoms with van der Waals surface area (Å²) in [7, 11) is 0. The van der Waals surface area contributed by atoms with Gasteiger partial charge in [0.15, 0.2) is 0 Å². The molecule has 1 saturated carbocycles. The molecular weight excluding hydrogens is 190 g/mol. The van der Waals surface area contributed by atoms with Crippen molar-refractivity contribution in [3.8, 4) is 0 Å². The van der Waals surface area contributed by atoms with Gasteiger partial charge < -0.3 is 10.6 Å². The number of hydrogen-bond donors (Lipinski definition) is 1. The lowest BCUT2D eigenvalue weighted by atomic mass is 10.2. The van der Waals surface area contributed by atoms with Crippen LogP contribution in [-0.2, 0) is 0 Å². The minimum atomic E-state index is 0.0744. The van der Waals surface area contributed by atoms with Gasteiger partial charge in [-0.3, -0.25) is 9.78 Å². The van der Waals surface area contributed by atoms with Crippen molar-refractivity contribution in [1.29, 1.82) is 0 Å². The fourth-order valence-corrected chi connectivity index (χ4v) is 1.64. The second-order valence-corrected chi connectivity index (χ2v) is 3.75. The third-order valence-electron chi connectivity index (χ3n) is 2.55. The predicted molar refractivity (Wildman–Crippen MR) is 57.3 cm³/mol. The van der Waals surface area contributed by atoms with Crippen LogP contribution < -0.4 is 5.73 Å². The highest BCUT2D eigenvalue weighted by atomic mass is 16.2. The Hall–Kier alpha value is -1.42. The Morgan fingerprint density at radius 2 is 2.13 bits per heavy atom. The highest BCUT2D eigenvalue weighted by Crippen LogP contribution is 2.27. The maximum absolute atomic E-state index is 12.1. The van der Waals surface area contributed by atoms with E-state index < -0.39 is 0 Å². The number of nitrogens with zero attached hydrogens (tertiary/aromatic N) is 2. The minimum Gasteiger partial charge on any atom is -0.334 e. The number of nitrogens with two attached hydrogens (primary N) is 1. The molecule has 4 nitrogen and oxygen atoms in total. The molecule has 2 rings (SSSR count). The Bertz CT molecular complexity index is 335. The summed E-state index contributed by atoms with van der Waals surface area (Å²) in [5, 5.41) is 0. The Kier molecular flexibility index (Phi) is 2.97. The van der Waals surface area contributed by atoms with Crippen LogP contribution in [0.5, 0.6) is 0 Å². The van der Waals surface area contributed by atoms with Gasteiger partial charge in [-0.15, -0.1) is 0 Å². The van der Waals surface area contributed by atoms with Gasteiger partial charge in [-0.2, -0.15) is 0 Å². The summed E-state index contributed by atoms with van der Waals surface area (Å²) in [6, 6.07) is 3.90. The first-order chi connectivity index (χ1) is 7.33. The van der Waals surface area contributed by atoms with Crippen LogP contribution in [0.4, 0.5) is 0 Å². The van der Waals surface area contributed by atoms with Crippen molar-refractivity contribution in [3.05, 3.63) is 30.1 Å². The van der Waals surface area contributed by atoms with E-state index >= 15 is 0 Å². The molecule has 0 aromatic carbocycles. The summed E-state index contributed by atoms with van der Waals surface area (Å²) in [5.74, 6) is 0.0744. The maximum Gasteiger partial charge on any atom is 0.254 e. The third-order valence-corrected chi connectivity index (χ3v) is 2.55. The zero-order chi connectivity index (χ0) is 10.7. The van der Waals surface area contributed by atoms with E-state index in [1.54, 1.807) is 24.5 Å². The molecule has 0 unspecified atom stereocenters. The molecule has 4 heteroatoms. The van der Waals surface area contributed by atoms with E-state index in [2.05, 4.69) is 4.98 Å². The van der Waals surface area contributed by atoms with Gasteiger partial charge >= 0.3 is 0 Å². The molecule has 0 radical (unpaired) electrons. The molecule has 1 fully saturated rings. The van der Waals surface area contributed by atoms with Crippen LogP contribution in [0.2, 0.25) is 0 Å². The predicted octanol–water partition coefficient (Wildman–Crippen LogP) is 0.645. The quantitative estimate of drug-likeness (QED) is 0.785. The fourth-order valence-electron chi connectivity index (χ4n) is 1.64. The van der Waals surface area contributed by atoms with E-state index in [0.717, 1.165) is 12.8 Å². The minimum absolute atomic E-state index is 0.0744. The monoisotopic (exact) mass is 205 g/mol. The number of pyridine rings is 1. The van der Waals surface area contributed by atoms with Crippen LogP contribution in [0, 0.1) is 0 Å². The molecule has 1 aromatic rings. The lowest BCUT2D eigenvalue weighted by molar-refractivity contribution is 0.0748. The van der Waals surface area contributed by atoms with Crippen molar-refractivity contribution in [1.82, 2.24) is 9.88 Å². The first-order valence-electron chi connectivity index (χ1n) is 5.24. The van der Waals surface area contributed by atoms with Crippen molar-refractivity contribution in [2.24, 2.45) is 5.73 Å². The maximum atomic E-state index is 12.1. The highest BCUT2D eigenvalue weighted by molar-refractivity contribution is 5.94. The van der Waals surface area contributed by atoms with E-state index in [9.17, 15) is 4.79 Å². The van der Waals surface area contributed by atoms with Crippen LogP contribution in [-0.4, -0.2) is 34.9 Å². The Labute approximate surface area is 89.1 Å². The van der Waals surface area contributed by atoms with Gasteiger partial charge in [0, 0.05) is 37.1 Å². The van der Waals surface area contributed by atoms with Crippen LogP contribution in [0.15, 0.2) is 24.5 Å². The number of amides is 1. The molecular formula is C11H15N3O. The second-order valence-electron chi connectivity index (χ2n) is 3.75. The number of carbonyl (C=O) groups excluding carboxylic acids is 1. The van der Waals surface area contributed by atoms with Gasteiger partial charge in [-0.25, -0.2) is 0 Å². The normalized spacial score (nSPS) is 15.0. The summed E-state index contributed by atoms with van der Waals surface area (Å²) in [6.07, 6.45) is 5.50. The highest BCUT2D eigenvalue weighted by Gasteiger charge is 2.32. The van der Waals surface area contributed by atoms with Crippen molar-refractivity contribution in [2.45, 2.75) is 18.9 Å². The average molecular weight is 205 g/mol. The van der Waals surface area contributed by atoms with Gasteiger partial charge in [0.05, 0.1) is 0 Å². The molecule has 1 aromatic heterocycles. The molecule has 1 amide bonds. The molecule has 0 saturated heterocycles. The van der Waals surface area contributed by atoms with Crippen LogP contribution in [0.3, 0.4) is 0 Å². The first kappa shape index (κ1) is 10.1. The first-order valence-corrected chi connectivity index (χ1v) is 5.24. The van der Waals surface area contributed by atoms with E-state index in [1.807, 2.05) is 4.90 Å². The van der Waals surface area contributed by atoms with Crippen molar-refractivity contribution in [2.75, 3.05) is 13.1 Å². The summed E-state index contributed by atoms with van der Waals surface area (Å²) in [5.41, 5.74) is 6.20. The largest absolute Gasteiger partial charge is 0.334 e. The van der Waals surface area contributed by atoms with Gasteiger partial charge in [0.25, 0.3) is 5.91 Å². The molecule has 0 bridgehead atoms. The van der Waals surface area contributed by atoms with Crippen LogP contribution in [0.25, 0.3) is 0 Å². The molecule has 15 heavy (non-hydrogen) atoms. The molecule has 0 atom stereocenters. The molecule has 0 aliphatic heterocycles. The molecule has 2 N–H and O–H groups in total. The Morgan fingerprint density at radius 1 is 1.47 bits per heavy atom. The van der Waals surface area contributed by atoms with Crippen LogP contribution >= 0.6 is 0 Å². The lowest BCUT2D eigenvalue weighted by Crippen LogP contribution is -2.37. The number of carbonyl (C=O) groups is 1. The smallest absolute Gasteiger partial charge is 0.254 e. The Balaban J connectivity index is 2.10. The number of aromatic nitrogens is 1. The standard InChI is InChI=1S/C11H15N3O/c12-5-8-14(10-1-2-10)11(15)9-3-6-13-7-4-9/h3-4,6-7,10H,1-2,5,8,12H2. The zero-order valence-electron chi connectivity index (χ0n) is 8.60. The second kappa shape index (κ2) is 4.40. The fraction of sp³-hybridized carbons (Fsp3) is 0.455. The average Bonchev–Trinajstić information content (AvgIpc) is 3.10. The van der Waals surface area contributed by atoms with Gasteiger partial charge in [-0.05, 0) is 25.0 Å². The van der Waals surface area contributed by atoms with E-state index in [-0.39, 0.29) is 5.91 Å². The summed E-state index contributed by atoms with van der Waals surface area (Å²) in [4.78, 5) is 17.8. The van der Waals surface area contributed by atoms with Gasteiger partial charge in [0.2, 0.25) is 0 Å². The van der Waals surface area contributed by atoms with Crippen molar-refractivity contribution < 1.29 is 4.79 Å². The van der Waals surface area contributed by atoms with Crippen LogP contribution in [0.1, 0.15) is 23.2 Å². The summed E-state index contributed by atoms with van der Waals surface area (Å²) < 4.78 is 0. The molecule has 1 heterocycles. The number of rotatable bonds is 4. The Morgan fingerprint density at radius 3 is 2.67 bits per heavy atom. The van der Waals surface area contributed by atoms with Gasteiger partial charge in [0.1, 0.15) is 0 Å². The summed E-state index contributed by atoms with van der Waals surface area (Å²) in [6.45, 7) is 1.17. The van der Waals surface area contributed by atoms with Crippen molar-refractivity contribution >= 4 is 5.91 Å². The lowest BCUT2D eigenvalue weighted by Gasteiger charge is -2.21. The molecule has 1 aliphatic rings. The summed E-state index contributed by atoms with van der Waals surface area (Å²) >= 11 is 0. The molecule has 0 spiro atoms. The third kappa shape index (κ3) is 2.33. The molecule has 80 valence electrons. The van der Waals surface area contributed by atoms with E-state index in [0.29, 0.717) is 24.7 Å². The number of hydrogen-bond acceptors (Lipinski definition) is 3. The SMILES string of the molecule is NCCN(C(=O)c1ccncc1)C1CC1. The van der Waals surface area contributed by atoms with Gasteiger partial charge in [-0.1, -0.05) is 0 Å². The molecule has 1 aliphatic carbocycles.